The lowest BCUT2D eigenvalue weighted by atomic mass is 10.0. The first-order valence-corrected chi connectivity index (χ1v) is 11.4. The van der Waals surface area contributed by atoms with Crippen LogP contribution in [0.1, 0.15) is 19.5 Å². The number of thiazole rings is 1. The van der Waals surface area contributed by atoms with Gasteiger partial charge in [-0.3, -0.25) is 19.3 Å². The van der Waals surface area contributed by atoms with Gasteiger partial charge in [0, 0.05) is 11.1 Å². The van der Waals surface area contributed by atoms with Crippen molar-refractivity contribution in [2.45, 2.75) is 31.3 Å². The monoisotopic (exact) mass is 482 g/mol. The number of carbonyl (C=O) groups excluding carboxylic acids is 3. The summed E-state index contributed by atoms with van der Waals surface area (Å²) in [4.78, 5) is 58.8. The molecule has 1 saturated heterocycles. The molecule has 1 aromatic rings. The van der Waals surface area contributed by atoms with Crippen LogP contribution in [0, 0.1) is 5.92 Å². The van der Waals surface area contributed by atoms with Crippen molar-refractivity contribution >= 4 is 57.6 Å². The Balaban J connectivity index is 1.70. The number of thioether (sulfide) groups is 1. The molecule has 1 fully saturated rings. The van der Waals surface area contributed by atoms with Gasteiger partial charge < -0.3 is 26.3 Å². The number of β-lactam (4-membered cyclic amide) rings is 1. The Labute approximate surface area is 191 Å². The average Bonchev–Trinajstić information content (AvgIpc) is 3.21. The number of hydrogen-bond acceptors (Lipinski definition) is 10. The Morgan fingerprint density at radius 2 is 2.12 bits per heavy atom. The second-order valence-corrected chi connectivity index (χ2v) is 9.20. The molecular weight excluding hydrogens is 460 g/mol. The molecule has 1 aromatic heterocycles. The maximum Gasteiger partial charge on any atom is 0.352 e. The molecule has 3 heterocycles. The SMILES string of the molecule is CO/N=C(\C(=O)N[C@@H]1C(=O)N2C(C(=O)O)=CCS[C@H]12)c1csc(NC(=O)[C@@H](N)C(C)C)n1. The summed E-state index contributed by atoms with van der Waals surface area (Å²) in [5.41, 5.74) is 5.66. The van der Waals surface area contributed by atoms with E-state index in [-0.39, 0.29) is 28.2 Å². The van der Waals surface area contributed by atoms with Gasteiger partial charge in [-0.25, -0.2) is 9.78 Å². The highest BCUT2D eigenvalue weighted by Crippen LogP contribution is 2.37. The number of oxime groups is 1. The van der Waals surface area contributed by atoms with E-state index < -0.39 is 41.1 Å². The maximum atomic E-state index is 12.8. The molecule has 0 aromatic carbocycles. The minimum absolute atomic E-state index is 0.0699. The summed E-state index contributed by atoms with van der Waals surface area (Å²) < 4.78 is 0. The molecule has 14 heteroatoms. The molecule has 0 saturated carbocycles. The number of rotatable bonds is 8. The van der Waals surface area contributed by atoms with E-state index in [2.05, 4.69) is 20.8 Å². The third-order valence-electron chi connectivity index (χ3n) is 4.75. The lowest BCUT2D eigenvalue weighted by Gasteiger charge is -2.48. The van der Waals surface area contributed by atoms with Gasteiger partial charge in [0.15, 0.2) is 10.8 Å². The predicted octanol–water partition coefficient (Wildman–Crippen LogP) is -0.216. The van der Waals surface area contributed by atoms with Crippen LogP contribution in [0.3, 0.4) is 0 Å². The van der Waals surface area contributed by atoms with Gasteiger partial charge in [-0.05, 0) is 12.0 Å². The van der Waals surface area contributed by atoms with Crippen molar-refractivity contribution in [3.63, 3.8) is 0 Å². The van der Waals surface area contributed by atoms with Gasteiger partial charge in [-0.1, -0.05) is 19.0 Å². The van der Waals surface area contributed by atoms with Gasteiger partial charge in [0.05, 0.1) is 6.04 Å². The van der Waals surface area contributed by atoms with Gasteiger partial charge >= 0.3 is 5.97 Å². The quantitative estimate of drug-likeness (QED) is 0.222. The highest BCUT2D eigenvalue weighted by Gasteiger charge is 2.53. The maximum absolute atomic E-state index is 12.8. The van der Waals surface area contributed by atoms with E-state index >= 15 is 0 Å². The molecule has 172 valence electrons. The van der Waals surface area contributed by atoms with Crippen LogP contribution in [0.15, 0.2) is 22.3 Å². The summed E-state index contributed by atoms with van der Waals surface area (Å²) in [6, 6.07) is -1.64. The molecule has 5 N–H and O–H groups in total. The third-order valence-corrected chi connectivity index (χ3v) is 6.69. The Morgan fingerprint density at radius 3 is 2.75 bits per heavy atom. The lowest BCUT2D eigenvalue weighted by molar-refractivity contribution is -0.150. The number of carboxylic acid groups (broad SMARTS) is 1. The Kier molecular flexibility index (Phi) is 7.16. The molecular formula is C18H22N6O6S2. The smallest absolute Gasteiger partial charge is 0.352 e. The van der Waals surface area contributed by atoms with Crippen molar-refractivity contribution in [1.82, 2.24) is 15.2 Å². The Hall–Kier alpha value is -2.97. The number of carbonyl (C=O) groups is 4. The van der Waals surface area contributed by atoms with Crippen molar-refractivity contribution in [1.29, 1.82) is 0 Å². The van der Waals surface area contributed by atoms with Crippen molar-refractivity contribution in [3.05, 3.63) is 22.8 Å². The average molecular weight is 483 g/mol. The van der Waals surface area contributed by atoms with E-state index in [9.17, 15) is 24.3 Å². The number of amides is 3. The normalized spacial score (nSPS) is 21.3. The highest BCUT2D eigenvalue weighted by molar-refractivity contribution is 8.00. The zero-order valence-corrected chi connectivity index (χ0v) is 19.0. The van der Waals surface area contributed by atoms with Gasteiger partial charge in [-0.2, -0.15) is 0 Å². The Bertz CT molecular complexity index is 1010. The molecule has 3 amide bonds. The van der Waals surface area contributed by atoms with Gasteiger partial charge in [0.2, 0.25) is 5.91 Å². The minimum Gasteiger partial charge on any atom is -0.477 e. The Morgan fingerprint density at radius 1 is 1.41 bits per heavy atom. The van der Waals surface area contributed by atoms with Gasteiger partial charge in [-0.15, -0.1) is 23.1 Å². The summed E-state index contributed by atoms with van der Waals surface area (Å²) in [6.45, 7) is 3.63. The van der Waals surface area contributed by atoms with Crippen LogP contribution in [-0.2, 0) is 24.0 Å². The molecule has 3 atom stereocenters. The second-order valence-electron chi connectivity index (χ2n) is 7.20. The summed E-state index contributed by atoms with van der Waals surface area (Å²) in [7, 11) is 1.25. The lowest BCUT2D eigenvalue weighted by Crippen LogP contribution is -2.70. The van der Waals surface area contributed by atoms with E-state index in [1.165, 1.54) is 30.3 Å². The first-order chi connectivity index (χ1) is 15.1. The summed E-state index contributed by atoms with van der Waals surface area (Å²) in [5, 5.41) is 19.3. The van der Waals surface area contributed by atoms with E-state index in [0.29, 0.717) is 5.75 Å². The largest absolute Gasteiger partial charge is 0.477 e. The van der Waals surface area contributed by atoms with E-state index in [4.69, 9.17) is 10.6 Å². The van der Waals surface area contributed by atoms with Crippen LogP contribution in [0.5, 0.6) is 0 Å². The van der Waals surface area contributed by atoms with E-state index in [0.717, 1.165) is 16.2 Å². The van der Waals surface area contributed by atoms with Crippen LogP contribution < -0.4 is 16.4 Å². The number of nitrogens with one attached hydrogen (secondary N) is 2. The van der Waals surface area contributed by atoms with Crippen LogP contribution in [0.4, 0.5) is 5.13 Å². The summed E-state index contributed by atoms with van der Waals surface area (Å²) in [5.74, 6) is -2.54. The summed E-state index contributed by atoms with van der Waals surface area (Å²) in [6.07, 6.45) is 1.45. The van der Waals surface area contributed by atoms with Gasteiger partial charge in [0.25, 0.3) is 11.8 Å². The molecule has 2 aliphatic heterocycles. The fourth-order valence-electron chi connectivity index (χ4n) is 2.97. The molecule has 0 bridgehead atoms. The first-order valence-electron chi connectivity index (χ1n) is 9.48. The number of carboxylic acids is 1. The van der Waals surface area contributed by atoms with E-state index in [1.54, 1.807) is 0 Å². The number of aliphatic carboxylic acids is 1. The van der Waals surface area contributed by atoms with Crippen molar-refractivity contribution < 1.29 is 29.1 Å². The molecule has 12 nitrogen and oxygen atoms in total. The number of nitrogens with zero attached hydrogens (tertiary/aromatic N) is 3. The van der Waals surface area contributed by atoms with Crippen LogP contribution in [0.2, 0.25) is 0 Å². The second kappa shape index (κ2) is 9.67. The molecule has 3 rings (SSSR count). The topological polar surface area (TPSA) is 176 Å². The number of hydrogen-bond donors (Lipinski definition) is 4. The van der Waals surface area contributed by atoms with E-state index in [1.807, 2.05) is 13.8 Å². The minimum atomic E-state index is -1.20. The molecule has 0 spiro atoms. The van der Waals surface area contributed by atoms with Crippen molar-refractivity contribution in [2.24, 2.45) is 16.8 Å². The molecule has 32 heavy (non-hydrogen) atoms. The fraction of sp³-hybridized carbons (Fsp3) is 0.444. The standard InChI is InChI=1S/C18H22N6O6S2/c1-7(2)10(19)13(25)22-18-20-8(6-32-18)11(23-30-3)14(26)21-12-15(27)24-9(17(28)29)4-5-31-16(12)24/h4,6-7,10,12,16H,5,19H2,1-3H3,(H,21,26)(H,28,29)(H,20,22,25)/b23-11-/t10-,12+,16+/m0/s1. The van der Waals surface area contributed by atoms with Crippen LogP contribution >= 0.6 is 23.1 Å². The molecule has 2 aliphatic rings. The third kappa shape index (κ3) is 4.61. The van der Waals surface area contributed by atoms with Crippen molar-refractivity contribution in [2.75, 3.05) is 18.2 Å². The zero-order valence-electron chi connectivity index (χ0n) is 17.4. The van der Waals surface area contributed by atoms with Gasteiger partial charge in [0.1, 0.15) is 29.9 Å². The predicted molar refractivity (Wildman–Crippen MR) is 118 cm³/mol. The zero-order chi connectivity index (χ0) is 23.6. The molecule has 0 radical (unpaired) electrons. The number of aromatic nitrogens is 1. The molecule has 0 unspecified atom stereocenters. The number of nitrogens with two attached hydrogens (primary N) is 1. The van der Waals surface area contributed by atoms with Crippen LogP contribution in [0.25, 0.3) is 0 Å². The fourth-order valence-corrected chi connectivity index (χ4v) is 4.87. The summed E-state index contributed by atoms with van der Waals surface area (Å²) >= 11 is 2.40. The van der Waals surface area contributed by atoms with Crippen LogP contribution in [-0.4, -0.2) is 74.7 Å². The number of fused-ring (bicyclic) bond motifs is 1. The van der Waals surface area contributed by atoms with Crippen molar-refractivity contribution in [3.8, 4) is 0 Å². The first kappa shape index (κ1) is 23.7. The highest BCUT2D eigenvalue weighted by atomic mass is 32.2. The molecule has 0 aliphatic carbocycles. The number of anilines is 1.